The van der Waals surface area contributed by atoms with Crippen LogP contribution in [0.5, 0.6) is 0 Å². The van der Waals surface area contributed by atoms with Crippen molar-refractivity contribution in [3.63, 3.8) is 0 Å². The van der Waals surface area contributed by atoms with Gasteiger partial charge in [0.25, 0.3) is 11.1 Å². The highest BCUT2D eigenvalue weighted by Gasteiger charge is 2.37. The Morgan fingerprint density at radius 3 is 2.96 bits per heavy atom. The molecule has 0 radical (unpaired) electrons. The minimum atomic E-state index is -0.599. The molecule has 0 saturated carbocycles. The molecule has 3 rings (SSSR count). The van der Waals surface area contributed by atoms with E-state index in [1.54, 1.807) is 23.9 Å². The van der Waals surface area contributed by atoms with Gasteiger partial charge in [0.1, 0.15) is 12.3 Å². The van der Waals surface area contributed by atoms with Crippen molar-refractivity contribution in [2.24, 2.45) is 0 Å². The monoisotopic (exact) mass is 354 g/mol. The first-order valence-corrected chi connectivity index (χ1v) is 8.86. The minimum absolute atomic E-state index is 0.217. The number of aliphatic hydroxyl groups excluding tert-OH is 1. The van der Waals surface area contributed by atoms with Crippen LogP contribution in [-0.2, 0) is 9.59 Å². The molecule has 2 aliphatic rings. The summed E-state index contributed by atoms with van der Waals surface area (Å²) in [4.78, 5) is 37.2. The molecule has 2 saturated heterocycles. The van der Waals surface area contributed by atoms with E-state index in [0.29, 0.717) is 17.3 Å². The Balaban J connectivity index is 1.62. The molecule has 0 aromatic carbocycles. The van der Waals surface area contributed by atoms with Crippen LogP contribution < -0.4 is 5.32 Å². The smallest absolute Gasteiger partial charge is 0.294 e. The number of thioether (sulfide) groups is 2. The Hall–Kier alpha value is -1.71. The first-order valence-electron chi connectivity index (χ1n) is 6.88. The second kappa shape index (κ2) is 6.81. The summed E-state index contributed by atoms with van der Waals surface area (Å²) in [5.74, 6) is 0.669. The van der Waals surface area contributed by atoms with Gasteiger partial charge in [0.05, 0.1) is 23.3 Å². The number of nitrogens with one attached hydrogen (secondary N) is 1. The molecule has 2 atom stereocenters. The second-order valence-corrected chi connectivity index (χ2v) is 7.13. The van der Waals surface area contributed by atoms with Crippen LogP contribution in [0.25, 0.3) is 6.08 Å². The van der Waals surface area contributed by atoms with E-state index in [0.717, 1.165) is 16.7 Å². The Morgan fingerprint density at radius 1 is 1.48 bits per heavy atom. The molecule has 3 amide bonds. The fourth-order valence-corrected chi connectivity index (χ4v) is 4.20. The normalized spacial score (nSPS) is 26.3. The molecule has 7 nitrogen and oxygen atoms in total. The third kappa shape index (κ3) is 3.62. The van der Waals surface area contributed by atoms with Gasteiger partial charge in [-0.2, -0.15) is 11.8 Å². The number of carbonyl (C=O) groups excluding carboxylic acids is 3. The zero-order chi connectivity index (χ0) is 16.4. The summed E-state index contributed by atoms with van der Waals surface area (Å²) in [6.07, 6.45) is 2.34. The largest absolute Gasteiger partial charge is 0.465 e. The molecule has 1 aromatic heterocycles. The Bertz CT molecular complexity index is 658. The van der Waals surface area contributed by atoms with Crippen LogP contribution >= 0.6 is 23.5 Å². The van der Waals surface area contributed by atoms with Gasteiger partial charge in [-0.1, -0.05) is 0 Å². The van der Waals surface area contributed by atoms with Gasteiger partial charge in [-0.3, -0.25) is 19.3 Å². The Morgan fingerprint density at radius 2 is 2.30 bits per heavy atom. The molecular formula is C14H14N2O5S2. The molecule has 3 heterocycles. The highest BCUT2D eigenvalue weighted by atomic mass is 32.2. The molecule has 0 aliphatic carbocycles. The second-order valence-electron chi connectivity index (χ2n) is 5.06. The number of furan rings is 1. The summed E-state index contributed by atoms with van der Waals surface area (Å²) in [7, 11) is 0. The van der Waals surface area contributed by atoms with E-state index >= 15 is 0 Å². The van der Waals surface area contributed by atoms with Crippen LogP contribution in [0.4, 0.5) is 4.79 Å². The molecule has 2 N–H and O–H groups in total. The summed E-state index contributed by atoms with van der Waals surface area (Å²) in [6, 6.07) is 3.00. The summed E-state index contributed by atoms with van der Waals surface area (Å²) in [5.41, 5.74) is 0. The zero-order valence-electron chi connectivity index (χ0n) is 11.9. The van der Waals surface area contributed by atoms with Gasteiger partial charge in [0.15, 0.2) is 0 Å². The van der Waals surface area contributed by atoms with E-state index in [9.17, 15) is 19.5 Å². The van der Waals surface area contributed by atoms with Crippen molar-refractivity contribution in [2.45, 2.75) is 12.1 Å². The molecule has 2 fully saturated rings. The number of hydrogen-bond donors (Lipinski definition) is 2. The standard InChI is InChI=1S/C14H14N2O5S2/c17-10-7-22-6-9(10)15-12(18)5-16-13(19)11(23-14(16)20)4-8-2-1-3-21-8/h1-4,9-10,17H,5-7H2,(H,15,18)/b11-4-. The molecule has 1 aromatic rings. The topological polar surface area (TPSA) is 99.9 Å². The molecule has 2 aliphatic heterocycles. The number of imide groups is 1. The lowest BCUT2D eigenvalue weighted by atomic mass is 10.2. The maximum atomic E-state index is 12.2. The highest BCUT2D eigenvalue weighted by Crippen LogP contribution is 2.32. The number of aliphatic hydroxyl groups is 1. The van der Waals surface area contributed by atoms with Gasteiger partial charge >= 0.3 is 0 Å². The first kappa shape index (κ1) is 16.2. The van der Waals surface area contributed by atoms with Gasteiger partial charge in [0.2, 0.25) is 5.91 Å². The molecular weight excluding hydrogens is 340 g/mol. The number of amides is 3. The van der Waals surface area contributed by atoms with Crippen LogP contribution in [0.1, 0.15) is 5.76 Å². The predicted molar refractivity (Wildman–Crippen MR) is 86.6 cm³/mol. The van der Waals surface area contributed by atoms with Gasteiger partial charge < -0.3 is 14.8 Å². The fraction of sp³-hybridized carbons (Fsp3) is 0.357. The van der Waals surface area contributed by atoms with Gasteiger partial charge in [-0.15, -0.1) is 0 Å². The molecule has 9 heteroatoms. The highest BCUT2D eigenvalue weighted by molar-refractivity contribution is 8.18. The Labute approximate surface area is 140 Å². The summed E-state index contributed by atoms with van der Waals surface area (Å²) in [5, 5.41) is 11.8. The lowest BCUT2D eigenvalue weighted by Crippen LogP contribution is -2.47. The van der Waals surface area contributed by atoms with Crippen LogP contribution in [0, 0.1) is 0 Å². The minimum Gasteiger partial charge on any atom is -0.465 e. The molecule has 0 bridgehead atoms. The van der Waals surface area contributed by atoms with Crippen molar-refractivity contribution in [3.8, 4) is 0 Å². The van der Waals surface area contributed by atoms with E-state index in [4.69, 9.17) is 4.42 Å². The number of hydrogen-bond acceptors (Lipinski definition) is 7. The Kier molecular flexibility index (Phi) is 4.79. The molecule has 23 heavy (non-hydrogen) atoms. The fourth-order valence-electron chi connectivity index (χ4n) is 2.22. The van der Waals surface area contributed by atoms with Gasteiger partial charge in [-0.05, 0) is 23.9 Å². The van der Waals surface area contributed by atoms with Crippen molar-refractivity contribution in [1.29, 1.82) is 0 Å². The third-order valence-electron chi connectivity index (χ3n) is 3.39. The van der Waals surface area contributed by atoms with Crippen LogP contribution in [0.3, 0.4) is 0 Å². The van der Waals surface area contributed by atoms with Crippen molar-refractivity contribution >= 4 is 46.7 Å². The van der Waals surface area contributed by atoms with E-state index < -0.39 is 23.2 Å². The average Bonchev–Trinajstić information content (AvgIpc) is 3.20. The van der Waals surface area contributed by atoms with E-state index in [2.05, 4.69) is 5.32 Å². The van der Waals surface area contributed by atoms with Crippen molar-refractivity contribution in [3.05, 3.63) is 29.1 Å². The first-order chi connectivity index (χ1) is 11.0. The maximum absolute atomic E-state index is 12.2. The number of nitrogens with zero attached hydrogens (tertiary/aromatic N) is 1. The molecule has 0 spiro atoms. The van der Waals surface area contributed by atoms with E-state index in [-0.39, 0.29) is 17.5 Å². The average molecular weight is 354 g/mol. The summed E-state index contributed by atoms with van der Waals surface area (Å²) in [6.45, 7) is -0.353. The van der Waals surface area contributed by atoms with Crippen molar-refractivity contribution < 1.29 is 23.9 Å². The van der Waals surface area contributed by atoms with Crippen molar-refractivity contribution in [2.75, 3.05) is 18.1 Å². The third-order valence-corrected chi connectivity index (χ3v) is 5.47. The number of carbonyl (C=O) groups is 3. The summed E-state index contributed by atoms with van der Waals surface area (Å²) < 4.78 is 5.11. The molecule has 2 unspecified atom stereocenters. The lowest BCUT2D eigenvalue weighted by Gasteiger charge is -2.18. The van der Waals surface area contributed by atoms with Gasteiger partial charge in [-0.25, -0.2) is 0 Å². The van der Waals surface area contributed by atoms with Crippen LogP contribution in [0.15, 0.2) is 27.7 Å². The maximum Gasteiger partial charge on any atom is 0.294 e. The number of rotatable bonds is 4. The predicted octanol–water partition coefficient (Wildman–Crippen LogP) is 0.908. The SMILES string of the molecule is O=C(CN1C(=O)S/C(=C\c2ccco2)C1=O)NC1CSCC1O. The molecule has 122 valence electrons. The van der Waals surface area contributed by atoms with Gasteiger partial charge in [0, 0.05) is 17.6 Å². The van der Waals surface area contributed by atoms with Crippen molar-refractivity contribution in [1.82, 2.24) is 10.2 Å². The quantitative estimate of drug-likeness (QED) is 0.775. The zero-order valence-corrected chi connectivity index (χ0v) is 13.6. The van der Waals surface area contributed by atoms with E-state index in [1.165, 1.54) is 12.3 Å². The summed E-state index contributed by atoms with van der Waals surface area (Å²) >= 11 is 2.31. The van der Waals surface area contributed by atoms with Crippen LogP contribution in [0.2, 0.25) is 0 Å². The van der Waals surface area contributed by atoms with E-state index in [1.807, 2.05) is 0 Å². The lowest BCUT2D eigenvalue weighted by molar-refractivity contribution is -0.129. The van der Waals surface area contributed by atoms with Crippen LogP contribution in [-0.4, -0.2) is 57.3 Å².